The summed E-state index contributed by atoms with van der Waals surface area (Å²) in [6, 6.07) is 19.4. The van der Waals surface area contributed by atoms with Gasteiger partial charge in [-0.3, -0.25) is 9.89 Å². The highest BCUT2D eigenvalue weighted by atomic mass is 35.5. The highest BCUT2D eigenvalue weighted by molar-refractivity contribution is 7.13. The van der Waals surface area contributed by atoms with Gasteiger partial charge in [-0.25, -0.2) is 9.97 Å². The van der Waals surface area contributed by atoms with Gasteiger partial charge in [0.2, 0.25) is 10.3 Å². The van der Waals surface area contributed by atoms with Gasteiger partial charge in [-0.05, 0) is 0 Å². The topological polar surface area (TPSA) is 88.3 Å². The number of hydrogen-bond donors (Lipinski definition) is 1. The molecule has 5 aromatic rings. The van der Waals surface area contributed by atoms with Crippen LogP contribution in [0.1, 0.15) is 0 Å². The number of benzene rings is 2. The van der Waals surface area contributed by atoms with E-state index >= 15 is 0 Å². The van der Waals surface area contributed by atoms with Crippen LogP contribution in [-0.2, 0) is 0 Å². The van der Waals surface area contributed by atoms with Gasteiger partial charge < -0.3 is 0 Å². The number of H-pyrrole nitrogens is 1. The van der Waals surface area contributed by atoms with Crippen molar-refractivity contribution in [3.05, 3.63) is 88.0 Å². The Morgan fingerprint density at radius 2 is 1.61 bits per heavy atom. The Morgan fingerprint density at radius 3 is 2.29 bits per heavy atom. The van der Waals surface area contributed by atoms with Crippen molar-refractivity contribution in [2.45, 2.75) is 0 Å². The smallest absolute Gasteiger partial charge is 0.286 e. The second-order valence-corrected chi connectivity index (χ2v) is 7.95. The van der Waals surface area contributed by atoms with Crippen LogP contribution in [0.15, 0.2) is 92.6 Å². The zero-order valence-corrected chi connectivity index (χ0v) is 18.3. The minimum absolute atomic E-state index is 0. The molecule has 5 rings (SSSR count). The fraction of sp³-hybridized carbons (Fsp3) is 0. The van der Waals surface area contributed by atoms with Crippen LogP contribution < -0.4 is 5.56 Å². The molecule has 0 spiro atoms. The highest BCUT2D eigenvalue weighted by Crippen LogP contribution is 2.30. The van der Waals surface area contributed by atoms with Crippen molar-refractivity contribution in [3.8, 4) is 27.6 Å². The van der Waals surface area contributed by atoms with Crippen molar-refractivity contribution >= 4 is 45.9 Å². The molecule has 0 aliphatic carbocycles. The highest BCUT2D eigenvalue weighted by Gasteiger charge is 2.19. The second kappa shape index (κ2) is 9.17. The monoisotopic (exact) mass is 466 g/mol. The van der Waals surface area contributed by atoms with Gasteiger partial charge in [0.05, 0.1) is 11.4 Å². The van der Waals surface area contributed by atoms with Crippen molar-refractivity contribution in [2.24, 2.45) is 10.2 Å². The van der Waals surface area contributed by atoms with E-state index in [-0.39, 0.29) is 23.7 Å². The van der Waals surface area contributed by atoms with Crippen LogP contribution in [0.25, 0.3) is 27.6 Å². The first-order valence-corrected chi connectivity index (χ1v) is 10.8. The van der Waals surface area contributed by atoms with Crippen LogP contribution in [0, 0.1) is 0 Å². The van der Waals surface area contributed by atoms with E-state index in [2.05, 4.69) is 25.3 Å². The first-order valence-electron chi connectivity index (χ1n) is 9.02. The first kappa shape index (κ1) is 20.9. The van der Waals surface area contributed by atoms with Gasteiger partial charge in [-0.1, -0.05) is 60.7 Å². The third-order valence-electron chi connectivity index (χ3n) is 4.34. The van der Waals surface area contributed by atoms with Gasteiger partial charge in [-0.2, -0.15) is 4.68 Å². The van der Waals surface area contributed by atoms with E-state index in [0.717, 1.165) is 16.8 Å². The molecular weight excluding hydrogens is 452 g/mol. The summed E-state index contributed by atoms with van der Waals surface area (Å²) in [4.78, 5) is 21.9. The van der Waals surface area contributed by atoms with E-state index < -0.39 is 0 Å². The van der Waals surface area contributed by atoms with Crippen molar-refractivity contribution < 1.29 is 0 Å². The lowest BCUT2D eigenvalue weighted by Gasteiger charge is -1.98. The quantitative estimate of drug-likeness (QED) is 0.310. The third kappa shape index (κ3) is 4.24. The molecule has 0 aliphatic heterocycles. The lowest BCUT2D eigenvalue weighted by Crippen LogP contribution is -2.13. The summed E-state index contributed by atoms with van der Waals surface area (Å²) >= 11 is 2.74. The molecule has 0 saturated heterocycles. The van der Waals surface area contributed by atoms with Gasteiger partial charge in [-0.15, -0.1) is 45.3 Å². The minimum Gasteiger partial charge on any atom is -0.286 e. The van der Waals surface area contributed by atoms with Crippen molar-refractivity contribution in [1.29, 1.82) is 0 Å². The molecule has 0 radical (unpaired) electrons. The number of hydrogen-bond acceptors (Lipinski definition) is 7. The maximum absolute atomic E-state index is 13.2. The lowest BCUT2D eigenvalue weighted by molar-refractivity contribution is 0.843. The Labute approximate surface area is 191 Å². The number of halogens is 1. The normalized spacial score (nSPS) is 11.0. The summed E-state index contributed by atoms with van der Waals surface area (Å²) < 4.78 is 1.41. The molecule has 0 amide bonds. The SMILES string of the molecule is Cl.O=c1c(N=Nc2nccs2)c(-c2ccccc2)[nH]n1-c1nc(-c2ccccc2)cs1. The van der Waals surface area contributed by atoms with Crippen molar-refractivity contribution in [1.82, 2.24) is 19.7 Å². The predicted octanol–water partition coefficient (Wildman–Crippen LogP) is 6.25. The van der Waals surface area contributed by atoms with Gasteiger partial charge in [0.15, 0.2) is 5.69 Å². The molecule has 0 saturated carbocycles. The van der Waals surface area contributed by atoms with E-state index in [1.54, 1.807) is 6.20 Å². The van der Waals surface area contributed by atoms with Crippen molar-refractivity contribution in [3.63, 3.8) is 0 Å². The Balaban J connectivity index is 0.00000231. The molecule has 10 heteroatoms. The first-order chi connectivity index (χ1) is 14.8. The van der Waals surface area contributed by atoms with Gasteiger partial charge >= 0.3 is 5.56 Å². The number of thiazole rings is 2. The van der Waals surface area contributed by atoms with E-state index in [4.69, 9.17) is 0 Å². The number of aromatic nitrogens is 4. The van der Waals surface area contributed by atoms with Crippen molar-refractivity contribution in [2.75, 3.05) is 0 Å². The summed E-state index contributed by atoms with van der Waals surface area (Å²) in [6.45, 7) is 0. The van der Waals surface area contributed by atoms with Gasteiger partial charge in [0.1, 0.15) is 0 Å². The van der Waals surface area contributed by atoms with E-state index in [1.165, 1.54) is 27.4 Å². The van der Waals surface area contributed by atoms with Crippen LogP contribution in [0.4, 0.5) is 10.8 Å². The number of nitrogens with one attached hydrogen (secondary N) is 1. The van der Waals surface area contributed by atoms with Crippen LogP contribution in [0.2, 0.25) is 0 Å². The maximum atomic E-state index is 13.2. The molecule has 0 fully saturated rings. The largest absolute Gasteiger partial charge is 0.301 e. The molecule has 0 unspecified atom stereocenters. The summed E-state index contributed by atoms with van der Waals surface area (Å²) in [6.07, 6.45) is 1.65. The maximum Gasteiger partial charge on any atom is 0.301 e. The average Bonchev–Trinajstić information content (AvgIpc) is 3.54. The van der Waals surface area contributed by atoms with Crippen LogP contribution in [0.5, 0.6) is 0 Å². The Bertz CT molecular complexity index is 1360. The Morgan fingerprint density at radius 1 is 0.903 bits per heavy atom. The van der Waals surface area contributed by atoms with Gasteiger partial charge in [0.25, 0.3) is 0 Å². The minimum atomic E-state index is -0.317. The fourth-order valence-corrected chi connectivity index (χ4v) is 4.17. The molecule has 154 valence electrons. The Hall–Kier alpha value is -3.40. The number of nitrogens with zero attached hydrogens (tertiary/aromatic N) is 5. The summed E-state index contributed by atoms with van der Waals surface area (Å²) in [7, 11) is 0. The van der Waals surface area contributed by atoms with Crippen LogP contribution >= 0.6 is 35.1 Å². The van der Waals surface area contributed by atoms with Crippen LogP contribution in [-0.4, -0.2) is 19.7 Å². The molecule has 7 nitrogen and oxygen atoms in total. The van der Waals surface area contributed by atoms with Crippen LogP contribution in [0.3, 0.4) is 0 Å². The molecular formula is C21H15ClN6OS2. The molecule has 2 aromatic carbocycles. The second-order valence-electron chi connectivity index (χ2n) is 6.24. The summed E-state index contributed by atoms with van der Waals surface area (Å²) in [5.74, 6) is 0. The zero-order chi connectivity index (χ0) is 20.3. The molecule has 0 aliphatic rings. The molecule has 3 aromatic heterocycles. The predicted molar refractivity (Wildman–Crippen MR) is 126 cm³/mol. The third-order valence-corrected chi connectivity index (χ3v) is 5.82. The molecule has 3 heterocycles. The lowest BCUT2D eigenvalue weighted by atomic mass is 10.1. The van der Waals surface area contributed by atoms with E-state index in [9.17, 15) is 4.79 Å². The average molecular weight is 467 g/mol. The molecule has 31 heavy (non-hydrogen) atoms. The van der Waals surface area contributed by atoms with Gasteiger partial charge in [0, 0.05) is 28.1 Å². The number of azo groups is 1. The van der Waals surface area contributed by atoms with E-state index in [1.807, 2.05) is 71.4 Å². The molecule has 0 bridgehead atoms. The Kier molecular flexibility index (Phi) is 6.17. The summed E-state index contributed by atoms with van der Waals surface area (Å²) in [5.41, 5.74) is 3.12. The number of aromatic amines is 1. The zero-order valence-electron chi connectivity index (χ0n) is 15.9. The summed E-state index contributed by atoms with van der Waals surface area (Å²) in [5, 5.41) is 16.3. The molecule has 1 N–H and O–H groups in total. The standard InChI is InChI=1S/C21H14N6OS2.ClH/c28-19-18(24-25-20-22-11-12-29-20)17(15-9-5-2-6-10-15)26-27(19)21-23-16(13-30-21)14-7-3-1-4-8-14;/h1-13,26H;1H. The fourth-order valence-electron chi connectivity index (χ4n) is 2.93. The van der Waals surface area contributed by atoms with E-state index in [0.29, 0.717) is 16.0 Å². The molecule has 0 atom stereocenters. The number of rotatable bonds is 5.